The minimum Gasteiger partial charge on any atom is -0.348 e. The summed E-state index contributed by atoms with van der Waals surface area (Å²) < 4.78 is 0. The Morgan fingerprint density at radius 3 is 2.70 bits per heavy atom. The SMILES string of the molecule is O=C(NCc1ccncc1)c1cnc2nccnc2c1. The molecule has 3 aromatic rings. The molecule has 0 spiro atoms. The van der Waals surface area contributed by atoms with Crippen molar-refractivity contribution in [2.75, 3.05) is 0 Å². The molecule has 0 saturated carbocycles. The Labute approximate surface area is 114 Å². The van der Waals surface area contributed by atoms with E-state index in [1.54, 1.807) is 30.9 Å². The Balaban J connectivity index is 1.75. The Bertz CT molecular complexity index is 745. The molecule has 0 bridgehead atoms. The topological polar surface area (TPSA) is 80.7 Å². The maximum absolute atomic E-state index is 12.0. The molecule has 0 aliphatic heterocycles. The highest BCUT2D eigenvalue weighted by Crippen LogP contribution is 2.07. The molecule has 3 heterocycles. The average Bonchev–Trinajstić information content (AvgIpc) is 2.53. The predicted molar refractivity (Wildman–Crippen MR) is 72.7 cm³/mol. The van der Waals surface area contributed by atoms with Crippen LogP contribution in [0.15, 0.2) is 49.2 Å². The number of nitrogens with one attached hydrogen (secondary N) is 1. The third-order valence-electron chi connectivity index (χ3n) is 2.79. The summed E-state index contributed by atoms with van der Waals surface area (Å²) in [6, 6.07) is 5.38. The van der Waals surface area contributed by atoms with Crippen molar-refractivity contribution in [3.8, 4) is 0 Å². The first-order chi connectivity index (χ1) is 9.83. The van der Waals surface area contributed by atoms with Crippen molar-refractivity contribution >= 4 is 17.1 Å². The molecule has 3 rings (SSSR count). The van der Waals surface area contributed by atoms with E-state index in [4.69, 9.17) is 0 Å². The van der Waals surface area contributed by atoms with Crippen molar-refractivity contribution in [1.29, 1.82) is 0 Å². The minimum atomic E-state index is -0.193. The van der Waals surface area contributed by atoms with Crippen molar-refractivity contribution in [2.45, 2.75) is 6.54 Å². The van der Waals surface area contributed by atoms with Gasteiger partial charge >= 0.3 is 0 Å². The van der Waals surface area contributed by atoms with Crippen molar-refractivity contribution in [3.63, 3.8) is 0 Å². The Hall–Kier alpha value is -2.89. The highest BCUT2D eigenvalue weighted by atomic mass is 16.1. The second-order valence-corrected chi connectivity index (χ2v) is 4.16. The molecule has 6 heteroatoms. The summed E-state index contributed by atoms with van der Waals surface area (Å²) in [5.41, 5.74) is 2.58. The van der Waals surface area contributed by atoms with E-state index in [9.17, 15) is 4.79 Å². The van der Waals surface area contributed by atoms with Crippen molar-refractivity contribution in [1.82, 2.24) is 25.3 Å². The quantitative estimate of drug-likeness (QED) is 0.773. The first-order valence-corrected chi connectivity index (χ1v) is 6.07. The lowest BCUT2D eigenvalue weighted by molar-refractivity contribution is 0.0950. The molecule has 98 valence electrons. The molecule has 0 aromatic carbocycles. The monoisotopic (exact) mass is 265 g/mol. The number of carbonyl (C=O) groups excluding carboxylic acids is 1. The molecular weight excluding hydrogens is 254 g/mol. The van der Waals surface area contributed by atoms with E-state index in [1.165, 1.54) is 6.20 Å². The molecule has 0 aliphatic rings. The second-order valence-electron chi connectivity index (χ2n) is 4.16. The molecule has 0 saturated heterocycles. The first kappa shape index (κ1) is 12.2. The van der Waals surface area contributed by atoms with Gasteiger partial charge in [-0.25, -0.2) is 9.97 Å². The van der Waals surface area contributed by atoms with Gasteiger partial charge in [-0.2, -0.15) is 0 Å². The molecule has 0 radical (unpaired) electrons. The van der Waals surface area contributed by atoms with E-state index in [2.05, 4.69) is 25.3 Å². The fourth-order valence-corrected chi connectivity index (χ4v) is 1.77. The van der Waals surface area contributed by atoms with Gasteiger partial charge in [0.2, 0.25) is 0 Å². The van der Waals surface area contributed by atoms with E-state index in [-0.39, 0.29) is 5.91 Å². The third-order valence-corrected chi connectivity index (χ3v) is 2.79. The summed E-state index contributed by atoms with van der Waals surface area (Å²) in [6.45, 7) is 0.444. The minimum absolute atomic E-state index is 0.193. The molecule has 0 aliphatic carbocycles. The van der Waals surface area contributed by atoms with Gasteiger partial charge < -0.3 is 5.32 Å². The zero-order chi connectivity index (χ0) is 13.8. The van der Waals surface area contributed by atoms with Gasteiger partial charge in [0, 0.05) is 37.5 Å². The summed E-state index contributed by atoms with van der Waals surface area (Å²) in [5.74, 6) is -0.193. The van der Waals surface area contributed by atoms with E-state index in [0.29, 0.717) is 23.3 Å². The summed E-state index contributed by atoms with van der Waals surface area (Å²) in [5, 5.41) is 2.83. The molecule has 0 unspecified atom stereocenters. The van der Waals surface area contributed by atoms with Crippen LogP contribution in [-0.4, -0.2) is 25.8 Å². The normalized spacial score (nSPS) is 10.4. The molecular formula is C14H11N5O. The summed E-state index contributed by atoms with van der Waals surface area (Å²) in [4.78, 5) is 28.3. The lowest BCUT2D eigenvalue weighted by Crippen LogP contribution is -2.23. The number of aromatic nitrogens is 4. The molecule has 0 atom stereocenters. The van der Waals surface area contributed by atoms with Gasteiger partial charge in [0.1, 0.15) is 5.52 Å². The van der Waals surface area contributed by atoms with Crippen LogP contribution in [0.5, 0.6) is 0 Å². The van der Waals surface area contributed by atoms with Crippen LogP contribution in [0.25, 0.3) is 11.2 Å². The van der Waals surface area contributed by atoms with E-state index >= 15 is 0 Å². The summed E-state index contributed by atoms with van der Waals surface area (Å²) in [6.07, 6.45) is 8.02. The molecule has 6 nitrogen and oxygen atoms in total. The number of carbonyl (C=O) groups is 1. The lowest BCUT2D eigenvalue weighted by Gasteiger charge is -2.05. The maximum atomic E-state index is 12.0. The molecule has 1 amide bonds. The summed E-state index contributed by atoms with van der Waals surface area (Å²) in [7, 11) is 0. The van der Waals surface area contributed by atoms with Gasteiger partial charge in [-0.15, -0.1) is 0 Å². The fraction of sp³-hybridized carbons (Fsp3) is 0.0714. The van der Waals surface area contributed by atoms with Crippen molar-refractivity contribution in [3.05, 3.63) is 60.3 Å². The van der Waals surface area contributed by atoms with E-state index < -0.39 is 0 Å². The second kappa shape index (κ2) is 5.40. The highest BCUT2D eigenvalue weighted by molar-refractivity contribution is 5.96. The van der Waals surface area contributed by atoms with Gasteiger partial charge in [-0.1, -0.05) is 0 Å². The zero-order valence-electron chi connectivity index (χ0n) is 10.5. The Kier molecular flexibility index (Phi) is 3.28. The van der Waals surface area contributed by atoms with Gasteiger partial charge in [-0.05, 0) is 23.8 Å². The highest BCUT2D eigenvalue weighted by Gasteiger charge is 2.07. The van der Waals surface area contributed by atoms with Crippen LogP contribution in [0, 0.1) is 0 Å². The lowest BCUT2D eigenvalue weighted by atomic mass is 10.2. The number of rotatable bonds is 3. The van der Waals surface area contributed by atoms with Crippen molar-refractivity contribution in [2.24, 2.45) is 0 Å². The molecule has 1 N–H and O–H groups in total. The van der Waals surface area contributed by atoms with Crippen LogP contribution in [0.2, 0.25) is 0 Å². The molecule has 3 aromatic heterocycles. The standard InChI is InChI=1S/C14H11N5O/c20-14(19-8-10-1-3-15-4-2-10)11-7-12-13(18-9-11)17-6-5-16-12/h1-7,9H,8H2,(H,19,20). The Morgan fingerprint density at radius 2 is 1.85 bits per heavy atom. The van der Waals surface area contributed by atoms with Crippen LogP contribution in [-0.2, 0) is 6.54 Å². The average molecular weight is 265 g/mol. The van der Waals surface area contributed by atoms with Crippen LogP contribution >= 0.6 is 0 Å². The van der Waals surface area contributed by atoms with Gasteiger partial charge in [0.05, 0.1) is 5.56 Å². The van der Waals surface area contributed by atoms with Crippen LogP contribution in [0.3, 0.4) is 0 Å². The predicted octanol–water partition coefficient (Wildman–Crippen LogP) is 1.35. The van der Waals surface area contributed by atoms with Crippen LogP contribution < -0.4 is 5.32 Å². The Morgan fingerprint density at radius 1 is 1.05 bits per heavy atom. The maximum Gasteiger partial charge on any atom is 0.253 e. The third kappa shape index (κ3) is 2.59. The summed E-state index contributed by atoms with van der Waals surface area (Å²) >= 11 is 0. The van der Waals surface area contributed by atoms with Gasteiger partial charge in [0.25, 0.3) is 5.91 Å². The number of nitrogens with zero attached hydrogens (tertiary/aromatic N) is 4. The van der Waals surface area contributed by atoms with Crippen LogP contribution in [0.4, 0.5) is 0 Å². The van der Waals surface area contributed by atoms with Crippen molar-refractivity contribution < 1.29 is 4.79 Å². The first-order valence-electron chi connectivity index (χ1n) is 6.07. The number of hydrogen-bond donors (Lipinski definition) is 1. The van der Waals surface area contributed by atoms with E-state index in [0.717, 1.165) is 5.56 Å². The van der Waals surface area contributed by atoms with E-state index in [1.807, 2.05) is 12.1 Å². The van der Waals surface area contributed by atoms with Gasteiger partial charge in [-0.3, -0.25) is 14.8 Å². The number of pyridine rings is 2. The molecule has 20 heavy (non-hydrogen) atoms. The number of fused-ring (bicyclic) bond motifs is 1. The number of hydrogen-bond acceptors (Lipinski definition) is 5. The van der Waals surface area contributed by atoms with Crippen LogP contribution in [0.1, 0.15) is 15.9 Å². The smallest absolute Gasteiger partial charge is 0.253 e. The van der Waals surface area contributed by atoms with Gasteiger partial charge in [0.15, 0.2) is 5.65 Å². The zero-order valence-corrected chi connectivity index (χ0v) is 10.5. The fourth-order valence-electron chi connectivity index (χ4n) is 1.77. The number of amides is 1. The molecule has 0 fully saturated rings. The largest absolute Gasteiger partial charge is 0.348 e.